The van der Waals surface area contributed by atoms with Crippen LogP contribution in [-0.4, -0.2) is 28.4 Å². The minimum absolute atomic E-state index is 0.0983. The lowest BCUT2D eigenvalue weighted by Crippen LogP contribution is -2.13. The molecule has 1 N–H and O–H groups in total. The van der Waals surface area contributed by atoms with E-state index in [-0.39, 0.29) is 5.91 Å². The first-order valence-corrected chi connectivity index (χ1v) is 8.84. The van der Waals surface area contributed by atoms with Gasteiger partial charge in [0.15, 0.2) is 0 Å². The number of nitrogens with one attached hydrogen (secondary N) is 1. The predicted octanol–water partition coefficient (Wildman–Crippen LogP) is 2.74. The van der Waals surface area contributed by atoms with Crippen molar-refractivity contribution in [3.63, 3.8) is 0 Å². The van der Waals surface area contributed by atoms with Crippen LogP contribution in [0.4, 0.5) is 5.69 Å². The SMILES string of the molecule is CN=[S@@](C)(=O)c1cccc(NC(=O)CCc2ccccn2)c1. The number of benzene rings is 1. The highest BCUT2D eigenvalue weighted by Crippen LogP contribution is 2.17. The second-order valence-corrected chi connectivity index (χ2v) is 7.32. The molecule has 6 heteroatoms. The lowest BCUT2D eigenvalue weighted by molar-refractivity contribution is -0.116. The first-order valence-electron chi connectivity index (χ1n) is 6.91. The zero-order valence-electron chi connectivity index (χ0n) is 12.7. The monoisotopic (exact) mass is 317 g/mol. The molecule has 0 fully saturated rings. The second kappa shape index (κ2) is 7.17. The van der Waals surface area contributed by atoms with Gasteiger partial charge >= 0.3 is 0 Å². The molecule has 0 spiro atoms. The summed E-state index contributed by atoms with van der Waals surface area (Å²) in [4.78, 5) is 16.8. The highest BCUT2D eigenvalue weighted by Gasteiger charge is 2.08. The minimum atomic E-state index is -2.40. The van der Waals surface area contributed by atoms with E-state index in [1.807, 2.05) is 18.2 Å². The predicted molar refractivity (Wildman–Crippen MR) is 88.3 cm³/mol. The third-order valence-electron chi connectivity index (χ3n) is 3.24. The van der Waals surface area contributed by atoms with Crippen LogP contribution in [-0.2, 0) is 20.9 Å². The molecule has 0 bridgehead atoms. The molecule has 0 saturated carbocycles. The van der Waals surface area contributed by atoms with Gasteiger partial charge in [0.2, 0.25) is 5.91 Å². The van der Waals surface area contributed by atoms with E-state index in [0.29, 0.717) is 23.4 Å². The fourth-order valence-electron chi connectivity index (χ4n) is 1.93. The van der Waals surface area contributed by atoms with E-state index >= 15 is 0 Å². The zero-order chi connectivity index (χ0) is 16.0. The van der Waals surface area contributed by atoms with Gasteiger partial charge in [-0.1, -0.05) is 12.1 Å². The zero-order valence-corrected chi connectivity index (χ0v) is 13.5. The Morgan fingerprint density at radius 2 is 2.09 bits per heavy atom. The van der Waals surface area contributed by atoms with Gasteiger partial charge in [0.1, 0.15) is 0 Å². The summed E-state index contributed by atoms with van der Waals surface area (Å²) in [5.74, 6) is -0.0983. The van der Waals surface area contributed by atoms with Crippen LogP contribution in [0, 0.1) is 0 Å². The van der Waals surface area contributed by atoms with E-state index in [2.05, 4.69) is 14.7 Å². The summed E-state index contributed by atoms with van der Waals surface area (Å²) in [6, 6.07) is 12.6. The molecular weight excluding hydrogens is 298 g/mol. The Bertz CT molecular complexity index is 766. The van der Waals surface area contributed by atoms with Crippen LogP contribution in [0.3, 0.4) is 0 Å². The van der Waals surface area contributed by atoms with Crippen molar-refractivity contribution in [3.8, 4) is 0 Å². The Kier molecular flexibility index (Phi) is 5.27. The van der Waals surface area contributed by atoms with Crippen molar-refractivity contribution in [2.75, 3.05) is 18.6 Å². The van der Waals surface area contributed by atoms with Crippen LogP contribution in [0.5, 0.6) is 0 Å². The minimum Gasteiger partial charge on any atom is -0.326 e. The van der Waals surface area contributed by atoms with Crippen LogP contribution < -0.4 is 5.32 Å². The second-order valence-electron chi connectivity index (χ2n) is 4.88. The molecule has 0 aliphatic carbocycles. The number of carbonyl (C=O) groups excluding carboxylic acids is 1. The Morgan fingerprint density at radius 1 is 1.27 bits per heavy atom. The number of carbonyl (C=O) groups is 1. The van der Waals surface area contributed by atoms with E-state index in [9.17, 15) is 9.00 Å². The standard InChI is InChI=1S/C16H19N3O2S/c1-17-22(2,21)15-8-5-7-14(12-15)19-16(20)10-9-13-6-3-4-11-18-13/h3-8,11-12H,9-10H2,1-2H3,(H,19,20)/t22-/m0/s1. The molecule has 22 heavy (non-hydrogen) atoms. The van der Waals surface area contributed by atoms with Gasteiger partial charge in [0, 0.05) is 42.2 Å². The number of rotatable bonds is 5. The van der Waals surface area contributed by atoms with Crippen LogP contribution in [0.2, 0.25) is 0 Å². The van der Waals surface area contributed by atoms with Gasteiger partial charge in [-0.15, -0.1) is 0 Å². The Labute approximate surface area is 131 Å². The maximum absolute atomic E-state index is 12.2. The van der Waals surface area contributed by atoms with Gasteiger partial charge in [0.25, 0.3) is 0 Å². The first-order chi connectivity index (χ1) is 10.5. The Hall–Kier alpha value is -2.21. The van der Waals surface area contributed by atoms with E-state index in [4.69, 9.17) is 0 Å². The van der Waals surface area contributed by atoms with Crippen LogP contribution >= 0.6 is 0 Å². The van der Waals surface area contributed by atoms with E-state index < -0.39 is 9.73 Å². The van der Waals surface area contributed by atoms with Gasteiger partial charge < -0.3 is 5.32 Å². The van der Waals surface area contributed by atoms with Crippen LogP contribution in [0.1, 0.15) is 12.1 Å². The average Bonchev–Trinajstić information content (AvgIpc) is 2.54. The summed E-state index contributed by atoms with van der Waals surface area (Å²) in [6.45, 7) is 0. The average molecular weight is 317 g/mol. The van der Waals surface area contributed by atoms with E-state index in [1.54, 1.807) is 36.7 Å². The molecule has 1 amide bonds. The van der Waals surface area contributed by atoms with Gasteiger partial charge in [0.05, 0.1) is 9.73 Å². The molecule has 2 rings (SSSR count). The van der Waals surface area contributed by atoms with Crippen molar-refractivity contribution in [1.82, 2.24) is 4.98 Å². The number of amides is 1. The van der Waals surface area contributed by atoms with E-state index in [0.717, 1.165) is 5.69 Å². The fraction of sp³-hybridized carbons (Fsp3) is 0.250. The molecule has 1 aromatic heterocycles. The lowest BCUT2D eigenvalue weighted by Gasteiger charge is -2.08. The molecule has 1 atom stereocenters. The summed E-state index contributed by atoms with van der Waals surface area (Å²) in [6.07, 6.45) is 4.22. The number of anilines is 1. The van der Waals surface area contributed by atoms with Crippen molar-refractivity contribution >= 4 is 21.3 Å². The number of aromatic nitrogens is 1. The molecule has 0 saturated heterocycles. The van der Waals surface area contributed by atoms with Crippen molar-refractivity contribution in [2.24, 2.45) is 4.36 Å². The molecule has 5 nitrogen and oxygen atoms in total. The topological polar surface area (TPSA) is 71.4 Å². The maximum Gasteiger partial charge on any atom is 0.224 e. The highest BCUT2D eigenvalue weighted by atomic mass is 32.2. The van der Waals surface area contributed by atoms with Crippen molar-refractivity contribution in [1.29, 1.82) is 0 Å². The van der Waals surface area contributed by atoms with Crippen molar-refractivity contribution in [3.05, 3.63) is 54.4 Å². The summed E-state index contributed by atoms with van der Waals surface area (Å²) in [5, 5.41) is 2.81. The van der Waals surface area contributed by atoms with Gasteiger partial charge in [-0.25, -0.2) is 8.57 Å². The summed E-state index contributed by atoms with van der Waals surface area (Å²) in [5.41, 5.74) is 1.51. The first kappa shape index (κ1) is 16.2. The largest absolute Gasteiger partial charge is 0.326 e. The normalized spacial score (nSPS) is 13.2. The molecular formula is C16H19N3O2S. The molecule has 0 aliphatic rings. The van der Waals surface area contributed by atoms with E-state index in [1.165, 1.54) is 7.05 Å². The quantitative estimate of drug-likeness (QED) is 0.921. The number of hydrogen-bond acceptors (Lipinski definition) is 4. The molecule has 0 radical (unpaired) electrons. The van der Waals surface area contributed by atoms with Crippen LogP contribution in [0.15, 0.2) is 57.9 Å². The molecule has 116 valence electrons. The highest BCUT2D eigenvalue weighted by molar-refractivity contribution is 7.93. The van der Waals surface area contributed by atoms with Gasteiger partial charge in [-0.05, 0) is 36.8 Å². The third kappa shape index (κ3) is 4.39. The summed E-state index contributed by atoms with van der Waals surface area (Å²) < 4.78 is 16.1. The summed E-state index contributed by atoms with van der Waals surface area (Å²) in [7, 11) is -0.870. The lowest BCUT2D eigenvalue weighted by atomic mass is 10.2. The molecule has 1 heterocycles. The number of hydrogen-bond donors (Lipinski definition) is 1. The number of aryl methyl sites for hydroxylation is 1. The fourth-order valence-corrected chi connectivity index (χ4v) is 2.81. The molecule has 2 aromatic rings. The molecule has 0 aliphatic heterocycles. The Morgan fingerprint density at radius 3 is 2.77 bits per heavy atom. The third-order valence-corrected chi connectivity index (χ3v) is 5.06. The van der Waals surface area contributed by atoms with Gasteiger partial charge in [-0.3, -0.25) is 9.78 Å². The smallest absolute Gasteiger partial charge is 0.224 e. The molecule has 0 unspecified atom stereocenters. The maximum atomic E-state index is 12.2. The number of pyridine rings is 1. The van der Waals surface area contributed by atoms with Crippen molar-refractivity contribution in [2.45, 2.75) is 17.7 Å². The Balaban J connectivity index is 2.00. The van der Waals surface area contributed by atoms with Gasteiger partial charge in [-0.2, -0.15) is 0 Å². The van der Waals surface area contributed by atoms with Crippen LogP contribution in [0.25, 0.3) is 0 Å². The molecule has 1 aromatic carbocycles. The number of nitrogens with zero attached hydrogens (tertiary/aromatic N) is 2. The summed E-state index contributed by atoms with van der Waals surface area (Å²) >= 11 is 0. The van der Waals surface area contributed by atoms with Crippen molar-refractivity contribution < 1.29 is 9.00 Å².